The minimum absolute atomic E-state index is 0.144. The third-order valence-electron chi connectivity index (χ3n) is 3.39. The average Bonchev–Trinajstić information content (AvgIpc) is 2.55. The Hall–Kier alpha value is -1.68. The molecule has 1 aliphatic rings. The van der Waals surface area contributed by atoms with Crippen LogP contribution >= 0.6 is 0 Å². The minimum Gasteiger partial charge on any atom is -0.319 e. The number of carbonyl (C=O) groups is 2. The van der Waals surface area contributed by atoms with Gasteiger partial charge in [-0.2, -0.15) is 0 Å². The molecule has 1 heterocycles. The second-order valence-electron chi connectivity index (χ2n) is 4.87. The van der Waals surface area contributed by atoms with E-state index in [-0.39, 0.29) is 18.2 Å². The van der Waals surface area contributed by atoms with Gasteiger partial charge in [-0.25, -0.2) is 0 Å². The zero-order valence-corrected chi connectivity index (χ0v) is 10.8. The summed E-state index contributed by atoms with van der Waals surface area (Å²) in [6, 6.07) is 5.57. The molecule has 1 saturated heterocycles. The van der Waals surface area contributed by atoms with E-state index in [0.29, 0.717) is 13.0 Å². The monoisotopic (exact) mass is 246 g/mol. The van der Waals surface area contributed by atoms with Crippen LogP contribution in [0.3, 0.4) is 0 Å². The molecule has 1 aromatic rings. The Balaban J connectivity index is 2.06. The van der Waals surface area contributed by atoms with Gasteiger partial charge in [0, 0.05) is 6.54 Å². The molecule has 0 bridgehead atoms. The van der Waals surface area contributed by atoms with Crippen LogP contribution in [-0.2, 0) is 16.0 Å². The Morgan fingerprint density at radius 3 is 2.67 bits per heavy atom. The minimum atomic E-state index is -0.642. The highest BCUT2D eigenvalue weighted by atomic mass is 16.2. The first-order valence-electron chi connectivity index (χ1n) is 6.15. The summed E-state index contributed by atoms with van der Waals surface area (Å²) in [6.45, 7) is 4.49. The molecule has 2 rings (SSSR count). The van der Waals surface area contributed by atoms with Crippen molar-refractivity contribution in [3.63, 3.8) is 0 Å². The number of aryl methyl sites for hydroxylation is 2. The zero-order chi connectivity index (χ0) is 13.3. The molecule has 2 amide bonds. The lowest BCUT2D eigenvalue weighted by Gasteiger charge is -2.15. The van der Waals surface area contributed by atoms with Crippen molar-refractivity contribution in [3.8, 4) is 0 Å². The van der Waals surface area contributed by atoms with Gasteiger partial charge in [-0.05, 0) is 31.4 Å². The summed E-state index contributed by atoms with van der Waals surface area (Å²) in [5.41, 5.74) is 9.12. The predicted octanol–water partition coefficient (Wildman–Crippen LogP) is 0.932. The van der Waals surface area contributed by atoms with E-state index in [1.807, 2.05) is 13.8 Å². The third kappa shape index (κ3) is 2.43. The molecule has 2 N–H and O–H groups in total. The number of likely N-dealkylation sites (tertiary alicyclic amines) is 1. The quantitative estimate of drug-likeness (QED) is 0.807. The molecular weight excluding hydrogens is 228 g/mol. The van der Waals surface area contributed by atoms with Crippen LogP contribution in [0, 0.1) is 13.8 Å². The summed E-state index contributed by atoms with van der Waals surface area (Å²) in [5.74, 6) is -0.400. The van der Waals surface area contributed by atoms with Crippen LogP contribution in [0.4, 0.5) is 0 Å². The van der Waals surface area contributed by atoms with Crippen molar-refractivity contribution >= 4 is 11.8 Å². The first kappa shape index (κ1) is 12.8. The van der Waals surface area contributed by atoms with Crippen molar-refractivity contribution in [1.82, 2.24) is 4.90 Å². The van der Waals surface area contributed by atoms with E-state index in [1.54, 1.807) is 0 Å². The number of benzene rings is 1. The average molecular weight is 246 g/mol. The number of hydrogen-bond acceptors (Lipinski definition) is 3. The molecule has 4 nitrogen and oxygen atoms in total. The summed E-state index contributed by atoms with van der Waals surface area (Å²) in [7, 11) is 0. The summed E-state index contributed by atoms with van der Waals surface area (Å²) in [6.07, 6.45) is 0.837. The van der Waals surface area contributed by atoms with Gasteiger partial charge in [0.05, 0.1) is 12.5 Å². The van der Waals surface area contributed by atoms with Gasteiger partial charge in [-0.15, -0.1) is 0 Å². The van der Waals surface area contributed by atoms with Crippen LogP contribution in [0.15, 0.2) is 18.2 Å². The van der Waals surface area contributed by atoms with E-state index in [2.05, 4.69) is 18.2 Å². The van der Waals surface area contributed by atoms with Crippen molar-refractivity contribution in [2.24, 2.45) is 5.73 Å². The SMILES string of the molecule is Cc1ccc(C)c(CCN2C(=O)CC(N)C2=O)c1. The van der Waals surface area contributed by atoms with Crippen molar-refractivity contribution in [2.75, 3.05) is 6.54 Å². The number of amides is 2. The highest BCUT2D eigenvalue weighted by molar-refractivity contribution is 6.05. The van der Waals surface area contributed by atoms with Crippen LogP contribution in [0.2, 0.25) is 0 Å². The number of rotatable bonds is 3. The number of imide groups is 1. The summed E-state index contributed by atoms with van der Waals surface area (Å²) in [5, 5.41) is 0. The Kier molecular flexibility index (Phi) is 3.48. The van der Waals surface area contributed by atoms with Crippen molar-refractivity contribution < 1.29 is 9.59 Å². The highest BCUT2D eigenvalue weighted by Gasteiger charge is 2.35. The first-order chi connectivity index (χ1) is 8.49. The first-order valence-corrected chi connectivity index (χ1v) is 6.15. The highest BCUT2D eigenvalue weighted by Crippen LogP contribution is 2.15. The second kappa shape index (κ2) is 4.90. The molecule has 0 spiro atoms. The fourth-order valence-electron chi connectivity index (χ4n) is 2.25. The van der Waals surface area contributed by atoms with E-state index in [0.717, 1.165) is 0 Å². The molecule has 1 atom stereocenters. The van der Waals surface area contributed by atoms with E-state index in [4.69, 9.17) is 5.73 Å². The number of nitrogens with zero attached hydrogens (tertiary/aromatic N) is 1. The molecule has 0 aliphatic carbocycles. The van der Waals surface area contributed by atoms with Crippen LogP contribution in [-0.4, -0.2) is 29.3 Å². The predicted molar refractivity (Wildman–Crippen MR) is 68.9 cm³/mol. The van der Waals surface area contributed by atoms with E-state index >= 15 is 0 Å². The van der Waals surface area contributed by atoms with Crippen LogP contribution in [0.1, 0.15) is 23.1 Å². The van der Waals surface area contributed by atoms with E-state index in [1.165, 1.54) is 21.6 Å². The molecular formula is C14H18N2O2. The maximum Gasteiger partial charge on any atom is 0.246 e. The topological polar surface area (TPSA) is 63.4 Å². The lowest BCUT2D eigenvalue weighted by molar-refractivity contribution is -0.138. The van der Waals surface area contributed by atoms with Gasteiger partial charge < -0.3 is 5.73 Å². The Bertz CT molecular complexity index is 497. The van der Waals surface area contributed by atoms with Gasteiger partial charge in [0.2, 0.25) is 11.8 Å². The maximum atomic E-state index is 11.7. The maximum absolute atomic E-state index is 11.7. The fraction of sp³-hybridized carbons (Fsp3) is 0.429. The summed E-state index contributed by atoms with van der Waals surface area (Å²) < 4.78 is 0. The molecule has 0 saturated carbocycles. The molecule has 18 heavy (non-hydrogen) atoms. The number of nitrogens with two attached hydrogens (primary N) is 1. The van der Waals surface area contributed by atoms with Crippen molar-refractivity contribution in [2.45, 2.75) is 32.7 Å². The largest absolute Gasteiger partial charge is 0.319 e. The summed E-state index contributed by atoms with van der Waals surface area (Å²) in [4.78, 5) is 24.5. The molecule has 1 aliphatic heterocycles. The van der Waals surface area contributed by atoms with Crippen molar-refractivity contribution in [3.05, 3.63) is 34.9 Å². The van der Waals surface area contributed by atoms with Crippen molar-refractivity contribution in [1.29, 1.82) is 0 Å². The molecule has 0 aromatic heterocycles. The molecule has 96 valence electrons. The van der Waals surface area contributed by atoms with Gasteiger partial charge in [0.25, 0.3) is 0 Å². The van der Waals surface area contributed by atoms with Gasteiger partial charge in [-0.1, -0.05) is 23.8 Å². The third-order valence-corrected chi connectivity index (χ3v) is 3.39. The second-order valence-corrected chi connectivity index (χ2v) is 4.87. The molecule has 0 radical (unpaired) electrons. The molecule has 4 heteroatoms. The zero-order valence-electron chi connectivity index (χ0n) is 10.8. The van der Waals surface area contributed by atoms with Crippen LogP contribution in [0.25, 0.3) is 0 Å². The van der Waals surface area contributed by atoms with E-state index in [9.17, 15) is 9.59 Å². The summed E-state index contributed by atoms with van der Waals surface area (Å²) >= 11 is 0. The Morgan fingerprint density at radius 1 is 1.33 bits per heavy atom. The Labute approximate surface area is 107 Å². The van der Waals surface area contributed by atoms with Gasteiger partial charge in [0.15, 0.2) is 0 Å². The standard InChI is InChI=1S/C14H18N2O2/c1-9-3-4-10(2)11(7-9)5-6-16-13(17)8-12(15)14(16)18/h3-4,7,12H,5-6,8,15H2,1-2H3. The molecule has 1 aromatic carbocycles. The number of hydrogen-bond donors (Lipinski definition) is 1. The van der Waals surface area contributed by atoms with Crippen LogP contribution < -0.4 is 5.73 Å². The number of carbonyl (C=O) groups excluding carboxylic acids is 2. The van der Waals surface area contributed by atoms with Gasteiger partial charge >= 0.3 is 0 Å². The normalized spacial score (nSPS) is 19.7. The molecule has 1 unspecified atom stereocenters. The van der Waals surface area contributed by atoms with Crippen LogP contribution in [0.5, 0.6) is 0 Å². The van der Waals surface area contributed by atoms with E-state index < -0.39 is 6.04 Å². The smallest absolute Gasteiger partial charge is 0.246 e. The fourth-order valence-corrected chi connectivity index (χ4v) is 2.25. The van der Waals surface area contributed by atoms with Gasteiger partial charge in [0.1, 0.15) is 0 Å². The lowest BCUT2D eigenvalue weighted by Crippen LogP contribution is -2.36. The lowest BCUT2D eigenvalue weighted by atomic mass is 10.0. The van der Waals surface area contributed by atoms with Gasteiger partial charge in [-0.3, -0.25) is 14.5 Å². The Morgan fingerprint density at radius 2 is 2.06 bits per heavy atom. The molecule has 1 fully saturated rings.